The maximum Gasteiger partial charge on any atom is 0.303 e. The minimum atomic E-state index is -1.24. The van der Waals surface area contributed by atoms with E-state index in [9.17, 15) is 19.7 Å². The normalized spacial score (nSPS) is 15.3. The van der Waals surface area contributed by atoms with E-state index in [2.05, 4.69) is 0 Å². The molecule has 0 radical (unpaired) electrons. The number of carbonyl (C=O) groups excluding carboxylic acids is 2. The van der Waals surface area contributed by atoms with E-state index in [0.717, 1.165) is 0 Å². The first-order valence-electron chi connectivity index (χ1n) is 5.81. The molecule has 0 aliphatic rings. The van der Waals surface area contributed by atoms with Crippen molar-refractivity contribution in [3.63, 3.8) is 0 Å². The quantitative estimate of drug-likeness (QED) is 0.389. The molecule has 0 aromatic heterocycles. The summed E-state index contributed by atoms with van der Waals surface area (Å²) in [7, 11) is 0. The standard InChI is InChI=1S/C11H19NO6/c1-5-9(17-7(3)13)11(12(15)16)10(6-2)18-8(4)14/h9-11H,5-6H2,1-4H3. The highest BCUT2D eigenvalue weighted by atomic mass is 16.6. The Labute approximate surface area is 106 Å². The van der Waals surface area contributed by atoms with E-state index in [0.29, 0.717) is 0 Å². The molecule has 0 N–H and O–H groups in total. The van der Waals surface area contributed by atoms with Gasteiger partial charge in [0.15, 0.2) is 12.2 Å². The maximum absolute atomic E-state index is 11.1. The third-order valence-corrected chi connectivity index (χ3v) is 2.44. The van der Waals surface area contributed by atoms with Crippen LogP contribution in [-0.4, -0.2) is 35.1 Å². The van der Waals surface area contributed by atoms with Gasteiger partial charge in [-0.1, -0.05) is 13.8 Å². The Morgan fingerprint density at radius 1 is 1.06 bits per heavy atom. The molecule has 0 saturated heterocycles. The molecular weight excluding hydrogens is 242 g/mol. The molecule has 2 atom stereocenters. The van der Waals surface area contributed by atoms with E-state index in [1.807, 2.05) is 0 Å². The molecule has 0 aliphatic heterocycles. The van der Waals surface area contributed by atoms with Crippen molar-refractivity contribution in [1.82, 2.24) is 0 Å². The first-order chi connectivity index (χ1) is 8.33. The maximum atomic E-state index is 11.1. The minimum Gasteiger partial charge on any atom is -0.455 e. The Bertz CT molecular complexity index is 293. The highest BCUT2D eigenvalue weighted by molar-refractivity contribution is 5.66. The van der Waals surface area contributed by atoms with Gasteiger partial charge in [0.05, 0.1) is 0 Å². The average molecular weight is 261 g/mol. The van der Waals surface area contributed by atoms with Crippen LogP contribution >= 0.6 is 0 Å². The molecule has 104 valence electrons. The predicted octanol–water partition coefficient (Wildman–Crippen LogP) is 1.32. The number of nitrogens with zero attached hydrogens (tertiary/aromatic N) is 1. The van der Waals surface area contributed by atoms with Crippen LogP contribution < -0.4 is 0 Å². The molecule has 2 unspecified atom stereocenters. The van der Waals surface area contributed by atoms with Gasteiger partial charge in [0.1, 0.15) is 0 Å². The predicted molar refractivity (Wildman–Crippen MR) is 62.5 cm³/mol. The zero-order valence-corrected chi connectivity index (χ0v) is 11.0. The number of nitro groups is 1. The average Bonchev–Trinajstić information content (AvgIpc) is 2.24. The van der Waals surface area contributed by atoms with Gasteiger partial charge in [-0.05, 0) is 12.8 Å². The van der Waals surface area contributed by atoms with Crippen molar-refractivity contribution in [1.29, 1.82) is 0 Å². The number of ether oxygens (including phenoxy) is 2. The monoisotopic (exact) mass is 261 g/mol. The molecule has 0 amide bonds. The molecule has 0 heterocycles. The highest BCUT2D eigenvalue weighted by Gasteiger charge is 2.41. The lowest BCUT2D eigenvalue weighted by atomic mass is 10.0. The molecule has 7 heteroatoms. The fourth-order valence-corrected chi connectivity index (χ4v) is 1.73. The Hall–Kier alpha value is -1.66. The van der Waals surface area contributed by atoms with Gasteiger partial charge in [-0.25, -0.2) is 0 Å². The number of carbonyl (C=O) groups is 2. The number of hydrogen-bond donors (Lipinski definition) is 0. The Morgan fingerprint density at radius 2 is 1.39 bits per heavy atom. The molecule has 0 spiro atoms. The van der Waals surface area contributed by atoms with Gasteiger partial charge in [-0.2, -0.15) is 0 Å². The topological polar surface area (TPSA) is 95.7 Å². The zero-order chi connectivity index (χ0) is 14.3. The summed E-state index contributed by atoms with van der Waals surface area (Å²) >= 11 is 0. The first kappa shape index (κ1) is 16.3. The van der Waals surface area contributed by atoms with Crippen molar-refractivity contribution >= 4 is 11.9 Å². The Balaban J connectivity index is 5.04. The van der Waals surface area contributed by atoms with Crippen molar-refractivity contribution < 1.29 is 24.0 Å². The summed E-state index contributed by atoms with van der Waals surface area (Å²) in [4.78, 5) is 32.4. The SMILES string of the molecule is CCC(OC(C)=O)C(C(CC)OC(C)=O)[N+](=O)[O-]. The molecule has 0 fully saturated rings. The second-order valence-electron chi connectivity index (χ2n) is 3.89. The molecule has 0 saturated carbocycles. The van der Waals surface area contributed by atoms with E-state index >= 15 is 0 Å². The van der Waals surface area contributed by atoms with Gasteiger partial charge in [-0.3, -0.25) is 19.7 Å². The summed E-state index contributed by atoms with van der Waals surface area (Å²) in [5.74, 6) is -1.18. The second kappa shape index (κ2) is 7.62. The fourth-order valence-electron chi connectivity index (χ4n) is 1.73. The van der Waals surface area contributed by atoms with Crippen LogP contribution in [-0.2, 0) is 19.1 Å². The van der Waals surface area contributed by atoms with Gasteiger partial charge in [0.25, 0.3) is 6.04 Å². The second-order valence-corrected chi connectivity index (χ2v) is 3.89. The molecule has 0 bridgehead atoms. The highest BCUT2D eigenvalue weighted by Crippen LogP contribution is 2.17. The van der Waals surface area contributed by atoms with Gasteiger partial charge in [0.2, 0.25) is 0 Å². The van der Waals surface area contributed by atoms with E-state index in [1.165, 1.54) is 13.8 Å². The lowest BCUT2D eigenvalue weighted by Gasteiger charge is -2.25. The molecule has 0 aliphatic carbocycles. The number of esters is 2. The summed E-state index contributed by atoms with van der Waals surface area (Å²) in [5, 5.41) is 11.1. The molecule has 0 rings (SSSR count). The van der Waals surface area contributed by atoms with Gasteiger partial charge < -0.3 is 9.47 Å². The van der Waals surface area contributed by atoms with E-state index in [-0.39, 0.29) is 12.8 Å². The van der Waals surface area contributed by atoms with Gasteiger partial charge in [-0.15, -0.1) is 0 Å². The van der Waals surface area contributed by atoms with Crippen molar-refractivity contribution in [3.05, 3.63) is 10.1 Å². The van der Waals surface area contributed by atoms with Crippen LogP contribution in [0.25, 0.3) is 0 Å². The van der Waals surface area contributed by atoms with Crippen LogP contribution in [0.1, 0.15) is 40.5 Å². The molecule has 0 aromatic rings. The largest absolute Gasteiger partial charge is 0.455 e. The van der Waals surface area contributed by atoms with E-state index in [1.54, 1.807) is 13.8 Å². The van der Waals surface area contributed by atoms with Crippen molar-refractivity contribution in [3.8, 4) is 0 Å². The third-order valence-electron chi connectivity index (χ3n) is 2.44. The van der Waals surface area contributed by atoms with Crippen LogP contribution in [0.2, 0.25) is 0 Å². The minimum absolute atomic E-state index is 0.281. The molecule has 18 heavy (non-hydrogen) atoms. The first-order valence-corrected chi connectivity index (χ1v) is 5.81. The van der Waals surface area contributed by atoms with Gasteiger partial charge in [0, 0.05) is 18.8 Å². The summed E-state index contributed by atoms with van der Waals surface area (Å²) in [6, 6.07) is -1.24. The van der Waals surface area contributed by atoms with Gasteiger partial charge >= 0.3 is 11.9 Å². The summed E-state index contributed by atoms with van der Waals surface area (Å²) in [5.41, 5.74) is 0. The van der Waals surface area contributed by atoms with Crippen molar-refractivity contribution in [2.45, 2.75) is 58.8 Å². The molecule has 0 aromatic carbocycles. The molecule has 7 nitrogen and oxygen atoms in total. The summed E-state index contributed by atoms with van der Waals surface area (Å²) in [6.45, 7) is 5.72. The van der Waals surface area contributed by atoms with E-state index < -0.39 is 35.1 Å². The number of rotatable bonds is 7. The van der Waals surface area contributed by atoms with Crippen LogP contribution in [0, 0.1) is 10.1 Å². The summed E-state index contributed by atoms with van der Waals surface area (Å²) < 4.78 is 9.83. The van der Waals surface area contributed by atoms with Crippen LogP contribution in [0.5, 0.6) is 0 Å². The van der Waals surface area contributed by atoms with Crippen molar-refractivity contribution in [2.24, 2.45) is 0 Å². The van der Waals surface area contributed by atoms with Crippen molar-refractivity contribution in [2.75, 3.05) is 0 Å². The Morgan fingerprint density at radius 3 is 1.56 bits per heavy atom. The number of hydrogen-bond acceptors (Lipinski definition) is 6. The lowest BCUT2D eigenvalue weighted by molar-refractivity contribution is -0.545. The Kier molecular flexibility index (Phi) is 6.92. The van der Waals surface area contributed by atoms with E-state index in [4.69, 9.17) is 9.47 Å². The smallest absolute Gasteiger partial charge is 0.303 e. The van der Waals surface area contributed by atoms with Crippen LogP contribution in [0.15, 0.2) is 0 Å². The fraction of sp³-hybridized carbons (Fsp3) is 0.818. The third kappa shape index (κ3) is 5.11. The van der Waals surface area contributed by atoms with Crippen LogP contribution in [0.3, 0.4) is 0 Å². The zero-order valence-electron chi connectivity index (χ0n) is 11.0. The lowest BCUT2D eigenvalue weighted by Crippen LogP contribution is -2.46. The summed E-state index contributed by atoms with van der Waals surface area (Å²) in [6.07, 6.45) is -1.24. The van der Waals surface area contributed by atoms with Crippen LogP contribution in [0.4, 0.5) is 0 Å². The molecular formula is C11H19NO6.